The van der Waals surface area contributed by atoms with Crippen LogP contribution in [0.3, 0.4) is 0 Å². The van der Waals surface area contributed by atoms with E-state index < -0.39 is 0 Å². The maximum absolute atomic E-state index is 12.8. The molecule has 218 valence electrons. The average molecular weight is 599 g/mol. The van der Waals surface area contributed by atoms with Crippen LogP contribution in [0.5, 0.6) is 0 Å². The van der Waals surface area contributed by atoms with Crippen molar-refractivity contribution < 1.29 is 23.9 Å². The largest absolute Gasteiger partial charge is 0.378 e. The summed E-state index contributed by atoms with van der Waals surface area (Å²) in [5, 5.41) is 3.05. The summed E-state index contributed by atoms with van der Waals surface area (Å²) < 4.78 is 10.8. The standard InChI is InChI=1S/C26H50N2O5S4/c1-23(29)9-7-20-35-34-19-6-4-3-5-11-25(12-22-37-36-21-8-10-24(2)30)26(31)28-14-16-33-18-17-32-15-13-27/h25H,3-22,27H2,1-2H3,(H,28,31). The molecule has 0 bridgehead atoms. The highest BCUT2D eigenvalue weighted by Crippen LogP contribution is 2.27. The summed E-state index contributed by atoms with van der Waals surface area (Å²) in [6, 6.07) is 0. The van der Waals surface area contributed by atoms with E-state index in [1.807, 2.05) is 21.6 Å². The van der Waals surface area contributed by atoms with Crippen LogP contribution < -0.4 is 11.1 Å². The SMILES string of the molecule is CC(=O)CCCSSCCCCCCC(CCSSCCCC(C)=O)C(=O)NCCOCCOCCN. The van der Waals surface area contributed by atoms with Gasteiger partial charge in [0.15, 0.2) is 0 Å². The van der Waals surface area contributed by atoms with Crippen molar-refractivity contribution in [1.82, 2.24) is 5.32 Å². The maximum atomic E-state index is 12.8. The van der Waals surface area contributed by atoms with Gasteiger partial charge < -0.3 is 30.1 Å². The van der Waals surface area contributed by atoms with Crippen molar-refractivity contribution in [3.8, 4) is 0 Å². The number of hydrogen-bond acceptors (Lipinski definition) is 10. The van der Waals surface area contributed by atoms with Gasteiger partial charge in [-0.15, -0.1) is 0 Å². The van der Waals surface area contributed by atoms with E-state index in [4.69, 9.17) is 15.2 Å². The van der Waals surface area contributed by atoms with Crippen LogP contribution in [0.25, 0.3) is 0 Å². The fourth-order valence-corrected chi connectivity index (χ4v) is 7.76. The third-order valence-corrected chi connectivity index (χ3v) is 10.4. The number of unbranched alkanes of at least 4 members (excludes halogenated alkanes) is 3. The summed E-state index contributed by atoms with van der Waals surface area (Å²) in [7, 11) is 7.38. The quantitative estimate of drug-likeness (QED) is 0.0840. The van der Waals surface area contributed by atoms with Gasteiger partial charge >= 0.3 is 0 Å². The smallest absolute Gasteiger partial charge is 0.223 e. The molecule has 0 aliphatic rings. The lowest BCUT2D eigenvalue weighted by molar-refractivity contribution is -0.125. The van der Waals surface area contributed by atoms with E-state index in [2.05, 4.69) is 5.32 Å². The van der Waals surface area contributed by atoms with Crippen molar-refractivity contribution in [3.05, 3.63) is 0 Å². The molecule has 7 nitrogen and oxygen atoms in total. The minimum Gasteiger partial charge on any atom is -0.378 e. The second-order valence-electron chi connectivity index (χ2n) is 8.89. The lowest BCUT2D eigenvalue weighted by Crippen LogP contribution is -2.33. The summed E-state index contributed by atoms with van der Waals surface area (Å²) in [5.41, 5.74) is 5.38. The highest BCUT2D eigenvalue weighted by atomic mass is 33.1. The molecule has 0 aliphatic carbocycles. The Labute approximate surface area is 241 Å². The highest BCUT2D eigenvalue weighted by molar-refractivity contribution is 8.77. The predicted octanol–water partition coefficient (Wildman–Crippen LogP) is 5.55. The van der Waals surface area contributed by atoms with Crippen LogP contribution in [0.2, 0.25) is 0 Å². The zero-order valence-electron chi connectivity index (χ0n) is 23.0. The fraction of sp³-hybridized carbons (Fsp3) is 0.885. The summed E-state index contributed by atoms with van der Waals surface area (Å²) in [4.78, 5) is 34.8. The summed E-state index contributed by atoms with van der Waals surface area (Å²) in [6.07, 6.45) is 9.63. The number of amides is 1. The van der Waals surface area contributed by atoms with Crippen LogP contribution in [-0.2, 0) is 23.9 Å². The molecule has 0 aromatic heterocycles. The first kappa shape index (κ1) is 37.1. The number of nitrogens with two attached hydrogens (primary N) is 1. The van der Waals surface area contributed by atoms with E-state index in [1.165, 1.54) is 12.8 Å². The van der Waals surface area contributed by atoms with Crippen molar-refractivity contribution in [2.24, 2.45) is 11.7 Å². The monoisotopic (exact) mass is 598 g/mol. The molecule has 37 heavy (non-hydrogen) atoms. The zero-order chi connectivity index (χ0) is 27.4. The molecule has 0 aromatic rings. The summed E-state index contributed by atoms with van der Waals surface area (Å²) in [5.74, 6) is 4.78. The molecule has 1 amide bonds. The van der Waals surface area contributed by atoms with E-state index in [0.29, 0.717) is 52.4 Å². The molecule has 0 rings (SSSR count). The van der Waals surface area contributed by atoms with Crippen LogP contribution in [0, 0.1) is 5.92 Å². The topological polar surface area (TPSA) is 108 Å². The molecule has 3 N–H and O–H groups in total. The Morgan fingerprint density at radius 1 is 0.676 bits per heavy atom. The Hall–Kier alpha value is 0.0900. The minimum atomic E-state index is 0.0319. The van der Waals surface area contributed by atoms with Crippen LogP contribution in [-0.4, -0.2) is 80.0 Å². The van der Waals surface area contributed by atoms with E-state index in [1.54, 1.807) is 35.4 Å². The lowest BCUT2D eigenvalue weighted by Gasteiger charge is -2.17. The number of Topliss-reactive ketones (excluding diaryl/α,β-unsaturated/α-hetero) is 2. The third kappa shape index (κ3) is 28.9. The molecule has 0 heterocycles. The Balaban J connectivity index is 4.07. The van der Waals surface area contributed by atoms with Crippen LogP contribution in [0.15, 0.2) is 0 Å². The van der Waals surface area contributed by atoms with Crippen LogP contribution >= 0.6 is 43.2 Å². The Morgan fingerprint density at radius 3 is 1.81 bits per heavy atom. The van der Waals surface area contributed by atoms with Gasteiger partial charge in [-0.3, -0.25) is 4.79 Å². The molecule has 1 atom stereocenters. The second kappa shape index (κ2) is 29.1. The van der Waals surface area contributed by atoms with Gasteiger partial charge in [0.2, 0.25) is 5.91 Å². The lowest BCUT2D eigenvalue weighted by atomic mass is 9.97. The van der Waals surface area contributed by atoms with Gasteiger partial charge in [0.05, 0.1) is 26.4 Å². The van der Waals surface area contributed by atoms with E-state index in [0.717, 1.165) is 61.5 Å². The molecule has 0 saturated heterocycles. The zero-order valence-corrected chi connectivity index (χ0v) is 26.2. The van der Waals surface area contributed by atoms with Gasteiger partial charge in [-0.1, -0.05) is 62.4 Å². The van der Waals surface area contributed by atoms with Crippen molar-refractivity contribution in [1.29, 1.82) is 0 Å². The first-order valence-corrected chi connectivity index (χ1v) is 18.6. The second-order valence-corrected chi connectivity index (χ2v) is 14.3. The molecule has 0 spiro atoms. The van der Waals surface area contributed by atoms with Crippen molar-refractivity contribution in [2.45, 2.75) is 78.1 Å². The van der Waals surface area contributed by atoms with Crippen LogP contribution in [0.4, 0.5) is 0 Å². The number of carbonyl (C=O) groups excluding carboxylic acids is 3. The molecule has 0 radical (unpaired) electrons. The first-order chi connectivity index (χ1) is 18.0. The molecule has 1 unspecified atom stereocenters. The van der Waals surface area contributed by atoms with Crippen LogP contribution in [0.1, 0.15) is 78.1 Å². The van der Waals surface area contributed by atoms with Gasteiger partial charge in [-0.25, -0.2) is 0 Å². The molecular weight excluding hydrogens is 549 g/mol. The summed E-state index contributed by atoms with van der Waals surface area (Å²) in [6.45, 7) is 6.36. The van der Waals surface area contributed by atoms with Crippen molar-refractivity contribution in [2.75, 3.05) is 62.5 Å². The Morgan fingerprint density at radius 2 is 1.22 bits per heavy atom. The Kier molecular flexibility index (Phi) is 29.2. The number of ether oxygens (including phenoxy) is 2. The van der Waals surface area contributed by atoms with Gasteiger partial charge in [0, 0.05) is 54.9 Å². The fourth-order valence-electron chi connectivity index (χ4n) is 3.29. The number of rotatable bonds is 29. The van der Waals surface area contributed by atoms with Gasteiger partial charge in [0.25, 0.3) is 0 Å². The average Bonchev–Trinajstić information content (AvgIpc) is 2.86. The minimum absolute atomic E-state index is 0.0319. The molecule has 0 aromatic carbocycles. The number of ketones is 2. The maximum Gasteiger partial charge on any atom is 0.223 e. The molecule has 11 heteroatoms. The number of nitrogens with one attached hydrogen (secondary N) is 1. The normalized spacial score (nSPS) is 12.0. The number of carbonyl (C=O) groups is 3. The molecular formula is C26H50N2O5S4. The van der Waals surface area contributed by atoms with Gasteiger partial charge in [0.1, 0.15) is 11.6 Å². The Bertz CT molecular complexity index is 573. The predicted molar refractivity (Wildman–Crippen MR) is 165 cm³/mol. The van der Waals surface area contributed by atoms with E-state index in [-0.39, 0.29) is 23.4 Å². The molecule has 0 fully saturated rings. The van der Waals surface area contributed by atoms with E-state index >= 15 is 0 Å². The van der Waals surface area contributed by atoms with Gasteiger partial charge in [-0.2, -0.15) is 0 Å². The van der Waals surface area contributed by atoms with Crippen molar-refractivity contribution >= 4 is 60.6 Å². The third-order valence-electron chi connectivity index (χ3n) is 5.31. The molecule has 0 saturated carbocycles. The van der Waals surface area contributed by atoms with E-state index in [9.17, 15) is 14.4 Å². The van der Waals surface area contributed by atoms with Gasteiger partial charge in [-0.05, 0) is 46.0 Å². The highest BCUT2D eigenvalue weighted by Gasteiger charge is 2.17. The number of hydrogen-bond donors (Lipinski definition) is 2. The molecule has 0 aliphatic heterocycles. The first-order valence-electron chi connectivity index (χ1n) is 13.6. The van der Waals surface area contributed by atoms with Crippen molar-refractivity contribution in [3.63, 3.8) is 0 Å². The summed E-state index contributed by atoms with van der Waals surface area (Å²) >= 11 is 0.